The number of pyridine rings is 1. The average Bonchev–Trinajstić information content (AvgIpc) is 3.40. The van der Waals surface area contributed by atoms with Crippen LogP contribution >= 0.6 is 0 Å². The van der Waals surface area contributed by atoms with Crippen molar-refractivity contribution < 1.29 is 4.74 Å². The highest BCUT2D eigenvalue weighted by Gasteiger charge is 2.48. The summed E-state index contributed by atoms with van der Waals surface area (Å²) in [7, 11) is 2.33. The predicted octanol–water partition coefficient (Wildman–Crippen LogP) is 4.93. The van der Waals surface area contributed by atoms with Crippen molar-refractivity contribution in [2.75, 3.05) is 20.2 Å². The van der Waals surface area contributed by atoms with Gasteiger partial charge in [0.2, 0.25) is 0 Å². The molecule has 0 unspecified atom stereocenters. The number of ether oxygens (including phenoxy) is 1. The molecule has 29 heavy (non-hydrogen) atoms. The summed E-state index contributed by atoms with van der Waals surface area (Å²) in [5, 5.41) is 0. The molecular weight excluding hydrogens is 356 g/mol. The lowest BCUT2D eigenvalue weighted by atomic mass is 9.68. The molecule has 2 aliphatic carbocycles. The highest BCUT2D eigenvalue weighted by atomic mass is 16.5. The molecule has 3 nitrogen and oxygen atoms in total. The van der Waals surface area contributed by atoms with Crippen LogP contribution in [-0.4, -0.2) is 41.7 Å². The average molecular weight is 391 g/mol. The first-order chi connectivity index (χ1) is 14.2. The van der Waals surface area contributed by atoms with E-state index in [0.29, 0.717) is 6.04 Å². The molecule has 0 N–H and O–H groups in total. The fourth-order valence-corrected chi connectivity index (χ4v) is 6.22. The molecule has 0 bridgehead atoms. The van der Waals surface area contributed by atoms with Crippen LogP contribution in [0.3, 0.4) is 0 Å². The zero-order chi connectivity index (χ0) is 19.7. The summed E-state index contributed by atoms with van der Waals surface area (Å²) in [6.45, 7) is 2.01. The van der Waals surface area contributed by atoms with Gasteiger partial charge in [0.25, 0.3) is 0 Å². The Morgan fingerprint density at radius 1 is 1.00 bits per heavy atom. The van der Waals surface area contributed by atoms with Gasteiger partial charge in [0.1, 0.15) is 0 Å². The third-order valence-electron chi connectivity index (χ3n) is 7.97. The Morgan fingerprint density at radius 3 is 2.41 bits per heavy atom. The van der Waals surface area contributed by atoms with Crippen molar-refractivity contribution in [3.8, 4) is 0 Å². The molecule has 3 heteroatoms. The van der Waals surface area contributed by atoms with Crippen LogP contribution in [0, 0.1) is 0 Å². The molecule has 1 aromatic carbocycles. The summed E-state index contributed by atoms with van der Waals surface area (Å²) < 4.78 is 6.41. The van der Waals surface area contributed by atoms with Crippen molar-refractivity contribution in [1.29, 1.82) is 0 Å². The zero-order valence-electron chi connectivity index (χ0n) is 17.8. The quantitative estimate of drug-likeness (QED) is 0.724. The Bertz CT molecular complexity index is 805. The molecule has 2 fully saturated rings. The van der Waals surface area contributed by atoms with Crippen LogP contribution in [0.15, 0.2) is 48.7 Å². The van der Waals surface area contributed by atoms with Crippen molar-refractivity contribution in [2.45, 2.75) is 74.8 Å². The van der Waals surface area contributed by atoms with E-state index in [1.165, 1.54) is 50.6 Å². The smallest absolute Gasteiger partial charge is 0.0691 e. The summed E-state index contributed by atoms with van der Waals surface area (Å²) in [5.41, 5.74) is 4.64. The SMILES string of the molecule is CN(CC[C@@]1(c2ccccn2)CCOC2(CCCC2)C1)C1Cc2ccccc2C1. The van der Waals surface area contributed by atoms with Gasteiger partial charge in [0.15, 0.2) is 0 Å². The van der Waals surface area contributed by atoms with Crippen molar-refractivity contribution in [2.24, 2.45) is 0 Å². The lowest BCUT2D eigenvalue weighted by Gasteiger charge is -2.47. The largest absolute Gasteiger partial charge is 0.375 e. The highest BCUT2D eigenvalue weighted by Crippen LogP contribution is 2.49. The first-order valence-corrected chi connectivity index (χ1v) is 11.5. The van der Waals surface area contributed by atoms with E-state index in [9.17, 15) is 0 Å². The Kier molecular flexibility index (Phi) is 5.21. The van der Waals surface area contributed by atoms with E-state index in [-0.39, 0.29) is 11.0 Å². The minimum Gasteiger partial charge on any atom is -0.375 e. The van der Waals surface area contributed by atoms with Gasteiger partial charge in [-0.25, -0.2) is 0 Å². The zero-order valence-corrected chi connectivity index (χ0v) is 17.8. The van der Waals surface area contributed by atoms with Gasteiger partial charge in [-0.05, 0) is 81.8 Å². The van der Waals surface area contributed by atoms with E-state index in [4.69, 9.17) is 9.72 Å². The van der Waals surface area contributed by atoms with Crippen molar-refractivity contribution in [1.82, 2.24) is 9.88 Å². The molecular formula is C26H34N2O. The number of nitrogens with zero attached hydrogens (tertiary/aromatic N) is 2. The molecule has 1 aromatic heterocycles. The van der Waals surface area contributed by atoms with Crippen LogP contribution < -0.4 is 0 Å². The van der Waals surface area contributed by atoms with E-state index in [0.717, 1.165) is 26.0 Å². The number of likely N-dealkylation sites (N-methyl/N-ethyl adjacent to an activating group) is 1. The van der Waals surface area contributed by atoms with Gasteiger partial charge in [-0.1, -0.05) is 43.2 Å². The molecule has 1 saturated carbocycles. The monoisotopic (exact) mass is 390 g/mol. The maximum Gasteiger partial charge on any atom is 0.0691 e. The number of hydrogen-bond acceptors (Lipinski definition) is 3. The minimum atomic E-state index is 0.109. The van der Waals surface area contributed by atoms with E-state index in [2.05, 4.69) is 48.3 Å². The lowest BCUT2D eigenvalue weighted by molar-refractivity contribution is -0.105. The second-order valence-corrected chi connectivity index (χ2v) is 9.72. The standard InChI is InChI=1S/C26H34N2O/c1-28(23-18-21-8-2-3-9-22(21)19-23)16-13-25(24-10-4-7-15-27-24)14-17-29-26(20-25)11-5-6-12-26/h2-4,7-10,15,23H,5-6,11-14,16-20H2,1H3/t25-/m1/s1. The number of fused-ring (bicyclic) bond motifs is 1. The normalized spacial score (nSPS) is 26.3. The van der Waals surface area contributed by atoms with E-state index >= 15 is 0 Å². The second kappa shape index (κ2) is 7.85. The molecule has 1 spiro atoms. The van der Waals surface area contributed by atoms with Gasteiger partial charge in [-0.3, -0.25) is 4.98 Å². The molecule has 2 heterocycles. The maximum absolute atomic E-state index is 6.41. The minimum absolute atomic E-state index is 0.109. The fraction of sp³-hybridized carbons (Fsp3) is 0.577. The van der Waals surface area contributed by atoms with Gasteiger partial charge in [-0.15, -0.1) is 0 Å². The number of rotatable bonds is 5. The number of hydrogen-bond donors (Lipinski definition) is 0. The molecule has 0 amide bonds. The van der Waals surface area contributed by atoms with Crippen LogP contribution in [0.25, 0.3) is 0 Å². The summed E-state index contributed by atoms with van der Waals surface area (Å²) in [5.74, 6) is 0. The van der Waals surface area contributed by atoms with E-state index in [1.807, 2.05) is 12.3 Å². The molecule has 3 aliphatic rings. The van der Waals surface area contributed by atoms with Gasteiger partial charge in [-0.2, -0.15) is 0 Å². The fourth-order valence-electron chi connectivity index (χ4n) is 6.22. The Labute approximate surface area is 175 Å². The van der Waals surface area contributed by atoms with Crippen LogP contribution in [0.5, 0.6) is 0 Å². The van der Waals surface area contributed by atoms with Gasteiger partial charge >= 0.3 is 0 Å². The molecule has 0 radical (unpaired) electrons. The summed E-state index contributed by atoms with van der Waals surface area (Å²) in [6, 6.07) is 16.1. The third kappa shape index (κ3) is 3.75. The lowest BCUT2D eigenvalue weighted by Crippen LogP contribution is -2.48. The predicted molar refractivity (Wildman–Crippen MR) is 117 cm³/mol. The Balaban J connectivity index is 1.33. The molecule has 1 saturated heterocycles. The van der Waals surface area contributed by atoms with Crippen LogP contribution in [0.4, 0.5) is 0 Å². The van der Waals surface area contributed by atoms with Crippen LogP contribution in [0.1, 0.15) is 61.8 Å². The third-order valence-corrected chi connectivity index (χ3v) is 7.97. The highest BCUT2D eigenvalue weighted by molar-refractivity contribution is 5.33. The molecule has 2 aromatic rings. The maximum atomic E-state index is 6.41. The summed E-state index contributed by atoms with van der Waals surface area (Å²) in [6.07, 6.45) is 12.9. The summed E-state index contributed by atoms with van der Waals surface area (Å²) >= 11 is 0. The van der Waals surface area contributed by atoms with Crippen molar-refractivity contribution in [3.63, 3.8) is 0 Å². The molecule has 5 rings (SSSR count). The summed E-state index contributed by atoms with van der Waals surface area (Å²) in [4.78, 5) is 7.48. The van der Waals surface area contributed by atoms with Gasteiger partial charge < -0.3 is 9.64 Å². The van der Waals surface area contributed by atoms with Crippen molar-refractivity contribution in [3.05, 3.63) is 65.5 Å². The number of aromatic nitrogens is 1. The van der Waals surface area contributed by atoms with E-state index < -0.39 is 0 Å². The number of benzene rings is 1. The molecule has 1 aliphatic heterocycles. The van der Waals surface area contributed by atoms with Gasteiger partial charge in [0, 0.05) is 30.0 Å². The van der Waals surface area contributed by atoms with Crippen molar-refractivity contribution >= 4 is 0 Å². The Morgan fingerprint density at radius 2 is 1.72 bits per heavy atom. The van der Waals surface area contributed by atoms with Crippen LogP contribution in [-0.2, 0) is 23.0 Å². The molecule has 1 atom stereocenters. The topological polar surface area (TPSA) is 25.4 Å². The van der Waals surface area contributed by atoms with Crippen LogP contribution in [0.2, 0.25) is 0 Å². The van der Waals surface area contributed by atoms with E-state index in [1.54, 1.807) is 11.1 Å². The second-order valence-electron chi connectivity index (χ2n) is 9.72. The molecule has 154 valence electrons. The Hall–Kier alpha value is -1.71. The first-order valence-electron chi connectivity index (χ1n) is 11.5. The van der Waals surface area contributed by atoms with Gasteiger partial charge in [0.05, 0.1) is 5.60 Å². The first kappa shape index (κ1) is 19.3.